The molecule has 0 saturated heterocycles. The minimum absolute atomic E-state index is 0.837. The largest absolute Gasteiger partial charge is 0.314 e. The molecule has 1 aliphatic rings. The average molecular weight is 253 g/mol. The van der Waals surface area contributed by atoms with Crippen LogP contribution >= 0.6 is 0 Å². The number of nitrogens with one attached hydrogen (secondary N) is 1. The normalized spacial score (nSPS) is 24.3. The zero-order valence-corrected chi connectivity index (χ0v) is 12.8. The molecule has 2 atom stereocenters. The lowest BCUT2D eigenvalue weighted by atomic mass is 9.83. The van der Waals surface area contributed by atoms with E-state index >= 15 is 0 Å². The van der Waals surface area contributed by atoms with Crippen molar-refractivity contribution in [3.05, 3.63) is 0 Å². The molecule has 0 aromatic heterocycles. The Morgan fingerprint density at radius 2 is 1.50 bits per heavy atom. The molecular weight excluding hydrogens is 218 g/mol. The standard InChI is InChI=1S/C17H35N/c1-3-5-6-7-8-9-12-15-18-17-14-11-10-13-16(17)4-2/h16-18H,3-15H2,1-2H3. The third-order valence-electron chi connectivity index (χ3n) is 4.62. The van der Waals surface area contributed by atoms with Gasteiger partial charge in [-0.3, -0.25) is 0 Å². The Kier molecular flexibility index (Phi) is 9.65. The molecule has 108 valence electrons. The van der Waals surface area contributed by atoms with E-state index in [2.05, 4.69) is 19.2 Å². The maximum Gasteiger partial charge on any atom is 0.00952 e. The molecule has 0 bridgehead atoms. The molecule has 1 aliphatic carbocycles. The van der Waals surface area contributed by atoms with Gasteiger partial charge in [0.05, 0.1) is 0 Å². The smallest absolute Gasteiger partial charge is 0.00952 e. The fraction of sp³-hybridized carbons (Fsp3) is 1.00. The molecule has 0 aromatic carbocycles. The first-order valence-electron chi connectivity index (χ1n) is 8.61. The predicted molar refractivity (Wildman–Crippen MR) is 82.0 cm³/mol. The minimum atomic E-state index is 0.837. The van der Waals surface area contributed by atoms with Gasteiger partial charge in [-0.15, -0.1) is 0 Å². The molecule has 1 heteroatoms. The van der Waals surface area contributed by atoms with Crippen molar-refractivity contribution in [1.82, 2.24) is 5.32 Å². The van der Waals surface area contributed by atoms with Crippen molar-refractivity contribution in [2.75, 3.05) is 6.54 Å². The summed E-state index contributed by atoms with van der Waals surface area (Å²) < 4.78 is 0. The number of unbranched alkanes of at least 4 members (excludes halogenated alkanes) is 6. The van der Waals surface area contributed by atoms with Crippen molar-refractivity contribution >= 4 is 0 Å². The van der Waals surface area contributed by atoms with Gasteiger partial charge >= 0.3 is 0 Å². The number of hydrogen-bond acceptors (Lipinski definition) is 1. The Labute approximate surface area is 115 Å². The van der Waals surface area contributed by atoms with E-state index in [1.165, 1.54) is 83.6 Å². The Hall–Kier alpha value is -0.0400. The molecule has 18 heavy (non-hydrogen) atoms. The van der Waals surface area contributed by atoms with Gasteiger partial charge in [-0.05, 0) is 31.7 Å². The van der Waals surface area contributed by atoms with Gasteiger partial charge < -0.3 is 5.32 Å². The number of hydrogen-bond donors (Lipinski definition) is 1. The van der Waals surface area contributed by atoms with Gasteiger partial charge in [0.1, 0.15) is 0 Å². The quantitative estimate of drug-likeness (QED) is 0.521. The fourth-order valence-electron chi connectivity index (χ4n) is 3.33. The van der Waals surface area contributed by atoms with Crippen LogP contribution in [0.5, 0.6) is 0 Å². The zero-order valence-electron chi connectivity index (χ0n) is 12.8. The van der Waals surface area contributed by atoms with Crippen LogP contribution in [0.15, 0.2) is 0 Å². The van der Waals surface area contributed by atoms with Gasteiger partial charge in [-0.1, -0.05) is 71.6 Å². The molecule has 1 nitrogen and oxygen atoms in total. The van der Waals surface area contributed by atoms with Crippen LogP contribution in [0.25, 0.3) is 0 Å². The van der Waals surface area contributed by atoms with E-state index in [-0.39, 0.29) is 0 Å². The van der Waals surface area contributed by atoms with E-state index in [4.69, 9.17) is 0 Å². The van der Waals surface area contributed by atoms with Gasteiger partial charge in [0.25, 0.3) is 0 Å². The molecule has 0 spiro atoms. The average Bonchev–Trinajstić information content (AvgIpc) is 2.42. The van der Waals surface area contributed by atoms with Crippen LogP contribution in [-0.4, -0.2) is 12.6 Å². The lowest BCUT2D eigenvalue weighted by Gasteiger charge is -2.31. The maximum absolute atomic E-state index is 3.82. The summed E-state index contributed by atoms with van der Waals surface area (Å²) in [6, 6.07) is 0.837. The van der Waals surface area contributed by atoms with Gasteiger partial charge in [-0.2, -0.15) is 0 Å². The molecule has 0 heterocycles. The molecule has 2 unspecified atom stereocenters. The molecule has 1 N–H and O–H groups in total. The van der Waals surface area contributed by atoms with E-state index in [0.29, 0.717) is 0 Å². The molecular formula is C17H35N. The SMILES string of the molecule is CCCCCCCCCNC1CCCCC1CC. The highest BCUT2D eigenvalue weighted by Crippen LogP contribution is 2.26. The second kappa shape index (κ2) is 10.8. The van der Waals surface area contributed by atoms with E-state index in [1.807, 2.05) is 0 Å². The van der Waals surface area contributed by atoms with Crippen molar-refractivity contribution in [2.24, 2.45) is 5.92 Å². The molecule has 0 amide bonds. The van der Waals surface area contributed by atoms with Crippen LogP contribution in [0.2, 0.25) is 0 Å². The van der Waals surface area contributed by atoms with Crippen LogP contribution in [0.4, 0.5) is 0 Å². The highest BCUT2D eigenvalue weighted by Gasteiger charge is 2.22. The first kappa shape index (κ1) is 16.0. The monoisotopic (exact) mass is 253 g/mol. The Bertz CT molecular complexity index is 178. The van der Waals surface area contributed by atoms with E-state index < -0.39 is 0 Å². The van der Waals surface area contributed by atoms with Crippen LogP contribution in [0, 0.1) is 5.92 Å². The van der Waals surface area contributed by atoms with Gasteiger partial charge in [-0.25, -0.2) is 0 Å². The van der Waals surface area contributed by atoms with Crippen molar-refractivity contribution in [3.63, 3.8) is 0 Å². The minimum Gasteiger partial charge on any atom is -0.314 e. The summed E-state index contributed by atoms with van der Waals surface area (Å²) in [4.78, 5) is 0. The zero-order chi connectivity index (χ0) is 13.1. The summed E-state index contributed by atoms with van der Waals surface area (Å²) in [7, 11) is 0. The van der Waals surface area contributed by atoms with E-state index in [1.54, 1.807) is 0 Å². The van der Waals surface area contributed by atoms with Crippen molar-refractivity contribution in [1.29, 1.82) is 0 Å². The van der Waals surface area contributed by atoms with Crippen molar-refractivity contribution in [2.45, 2.75) is 96.9 Å². The lowest BCUT2D eigenvalue weighted by molar-refractivity contribution is 0.255. The second-order valence-corrected chi connectivity index (χ2v) is 6.13. The molecule has 0 aliphatic heterocycles. The summed E-state index contributed by atoms with van der Waals surface area (Å²) in [5.74, 6) is 0.961. The second-order valence-electron chi connectivity index (χ2n) is 6.13. The van der Waals surface area contributed by atoms with Gasteiger partial charge in [0.2, 0.25) is 0 Å². The summed E-state index contributed by atoms with van der Waals surface area (Å²) in [5, 5.41) is 3.82. The summed E-state index contributed by atoms with van der Waals surface area (Å²) in [6.45, 7) is 5.91. The third-order valence-corrected chi connectivity index (χ3v) is 4.62. The topological polar surface area (TPSA) is 12.0 Å². The number of rotatable bonds is 10. The van der Waals surface area contributed by atoms with E-state index in [9.17, 15) is 0 Å². The predicted octanol–water partition coefficient (Wildman–Crippen LogP) is 5.30. The molecule has 1 saturated carbocycles. The lowest BCUT2D eigenvalue weighted by Crippen LogP contribution is -2.38. The van der Waals surface area contributed by atoms with Gasteiger partial charge in [0, 0.05) is 6.04 Å². The summed E-state index contributed by atoms with van der Waals surface area (Å²) in [6.07, 6.45) is 17.1. The highest BCUT2D eigenvalue weighted by atomic mass is 14.9. The third kappa shape index (κ3) is 6.78. The van der Waals surface area contributed by atoms with Crippen LogP contribution in [-0.2, 0) is 0 Å². The summed E-state index contributed by atoms with van der Waals surface area (Å²) in [5.41, 5.74) is 0. The molecule has 0 aromatic rings. The molecule has 0 radical (unpaired) electrons. The van der Waals surface area contributed by atoms with Crippen molar-refractivity contribution in [3.8, 4) is 0 Å². The Morgan fingerprint density at radius 1 is 0.833 bits per heavy atom. The Balaban J connectivity index is 1.93. The van der Waals surface area contributed by atoms with E-state index in [0.717, 1.165) is 12.0 Å². The molecule has 1 fully saturated rings. The molecule has 1 rings (SSSR count). The van der Waals surface area contributed by atoms with Gasteiger partial charge in [0.15, 0.2) is 0 Å². The summed E-state index contributed by atoms with van der Waals surface area (Å²) >= 11 is 0. The van der Waals surface area contributed by atoms with Crippen molar-refractivity contribution < 1.29 is 0 Å². The first-order chi connectivity index (χ1) is 8.88. The van der Waals surface area contributed by atoms with Crippen LogP contribution in [0.3, 0.4) is 0 Å². The fourth-order valence-corrected chi connectivity index (χ4v) is 3.33. The first-order valence-corrected chi connectivity index (χ1v) is 8.61. The highest BCUT2D eigenvalue weighted by molar-refractivity contribution is 4.79. The Morgan fingerprint density at radius 3 is 2.22 bits per heavy atom. The van der Waals surface area contributed by atoms with Crippen LogP contribution in [0.1, 0.15) is 90.9 Å². The van der Waals surface area contributed by atoms with Crippen LogP contribution < -0.4 is 5.32 Å². The maximum atomic E-state index is 3.82.